The minimum absolute atomic E-state index is 0.601. The van der Waals surface area contributed by atoms with Crippen LogP contribution >= 0.6 is 0 Å². The molecular weight excluding hydrogens is 198 g/mol. The highest BCUT2D eigenvalue weighted by Crippen LogP contribution is 2.32. The molecule has 2 rings (SSSR count). The van der Waals surface area contributed by atoms with E-state index in [4.69, 9.17) is 0 Å². The summed E-state index contributed by atoms with van der Waals surface area (Å²) in [7, 11) is 0. The van der Waals surface area contributed by atoms with E-state index in [0.29, 0.717) is 6.04 Å². The van der Waals surface area contributed by atoms with Gasteiger partial charge in [-0.1, -0.05) is 20.3 Å². The fraction of sp³-hybridized carbons (Fsp3) is 0.769. The summed E-state index contributed by atoms with van der Waals surface area (Å²) in [5.41, 5.74) is 3.45. The molecule has 3 heteroatoms. The molecule has 2 atom stereocenters. The van der Waals surface area contributed by atoms with Crippen molar-refractivity contribution in [2.75, 3.05) is 5.32 Å². The summed E-state index contributed by atoms with van der Waals surface area (Å²) >= 11 is 0. The van der Waals surface area contributed by atoms with E-state index in [9.17, 15) is 0 Å². The zero-order valence-corrected chi connectivity index (χ0v) is 10.8. The van der Waals surface area contributed by atoms with Crippen molar-refractivity contribution < 1.29 is 0 Å². The minimum Gasteiger partial charge on any atom is -0.379 e. The monoisotopic (exact) mass is 221 g/mol. The van der Waals surface area contributed by atoms with Crippen molar-refractivity contribution >= 4 is 5.69 Å². The lowest BCUT2D eigenvalue weighted by molar-refractivity contribution is 0.268. The number of hydrogen-bond donors (Lipinski definition) is 2. The van der Waals surface area contributed by atoms with Gasteiger partial charge >= 0.3 is 0 Å². The Balaban J connectivity index is 2.13. The Morgan fingerprint density at radius 3 is 2.31 bits per heavy atom. The molecule has 16 heavy (non-hydrogen) atoms. The van der Waals surface area contributed by atoms with Crippen LogP contribution in [-0.2, 0) is 0 Å². The maximum Gasteiger partial charge on any atom is 0.0825 e. The second-order valence-corrected chi connectivity index (χ2v) is 5.36. The highest BCUT2D eigenvalue weighted by Gasteiger charge is 2.28. The van der Waals surface area contributed by atoms with E-state index >= 15 is 0 Å². The van der Waals surface area contributed by atoms with Crippen molar-refractivity contribution in [3.8, 4) is 0 Å². The Kier molecular flexibility index (Phi) is 3.22. The minimum atomic E-state index is 0.601. The SMILES string of the molecule is Cc1n[nH]c(C)c1NC1C(C)CCCC1C. The molecule has 1 aromatic rings. The Bertz CT molecular complexity index is 327. The first kappa shape index (κ1) is 11.5. The summed E-state index contributed by atoms with van der Waals surface area (Å²) in [6, 6.07) is 0.601. The molecule has 3 nitrogen and oxygen atoms in total. The van der Waals surface area contributed by atoms with Gasteiger partial charge in [0, 0.05) is 6.04 Å². The first-order valence-electron chi connectivity index (χ1n) is 6.37. The van der Waals surface area contributed by atoms with Gasteiger partial charge in [-0.3, -0.25) is 5.10 Å². The van der Waals surface area contributed by atoms with Crippen LogP contribution in [0.15, 0.2) is 0 Å². The molecule has 0 bridgehead atoms. The Hall–Kier alpha value is -0.990. The molecule has 1 aliphatic carbocycles. The number of H-pyrrole nitrogens is 1. The molecule has 0 spiro atoms. The molecule has 1 saturated carbocycles. The van der Waals surface area contributed by atoms with Crippen molar-refractivity contribution in [3.05, 3.63) is 11.4 Å². The smallest absolute Gasteiger partial charge is 0.0825 e. The van der Waals surface area contributed by atoms with Crippen molar-refractivity contribution in [3.63, 3.8) is 0 Å². The number of anilines is 1. The van der Waals surface area contributed by atoms with Crippen LogP contribution in [0.1, 0.15) is 44.5 Å². The fourth-order valence-corrected chi connectivity index (χ4v) is 2.90. The Morgan fingerprint density at radius 1 is 1.19 bits per heavy atom. The Morgan fingerprint density at radius 2 is 1.81 bits per heavy atom. The van der Waals surface area contributed by atoms with Gasteiger partial charge in [0.2, 0.25) is 0 Å². The van der Waals surface area contributed by atoms with Crippen molar-refractivity contribution in [1.82, 2.24) is 10.2 Å². The van der Waals surface area contributed by atoms with Crippen molar-refractivity contribution in [2.24, 2.45) is 11.8 Å². The van der Waals surface area contributed by atoms with E-state index in [1.54, 1.807) is 0 Å². The van der Waals surface area contributed by atoms with Gasteiger partial charge < -0.3 is 5.32 Å². The third kappa shape index (κ3) is 2.08. The van der Waals surface area contributed by atoms with E-state index in [1.807, 2.05) is 0 Å². The molecule has 0 radical (unpaired) electrons. The van der Waals surface area contributed by atoms with Gasteiger partial charge in [-0.05, 0) is 38.5 Å². The molecular formula is C13H23N3. The summed E-state index contributed by atoms with van der Waals surface area (Å²) in [6.07, 6.45) is 4.07. The van der Waals surface area contributed by atoms with Crippen LogP contribution in [0.25, 0.3) is 0 Å². The second-order valence-electron chi connectivity index (χ2n) is 5.36. The summed E-state index contributed by atoms with van der Waals surface area (Å²) in [5.74, 6) is 1.52. The molecule has 1 aliphatic rings. The van der Waals surface area contributed by atoms with Gasteiger partial charge in [0.15, 0.2) is 0 Å². The molecule has 1 aromatic heterocycles. The number of aromatic nitrogens is 2. The lowest BCUT2D eigenvalue weighted by Gasteiger charge is -2.35. The molecule has 0 aromatic carbocycles. The molecule has 0 saturated heterocycles. The largest absolute Gasteiger partial charge is 0.379 e. The van der Waals surface area contributed by atoms with E-state index < -0.39 is 0 Å². The fourth-order valence-electron chi connectivity index (χ4n) is 2.90. The predicted octanol–water partition coefficient (Wildman–Crippen LogP) is 3.26. The van der Waals surface area contributed by atoms with Crippen molar-refractivity contribution in [1.29, 1.82) is 0 Å². The summed E-state index contributed by atoms with van der Waals surface area (Å²) in [6.45, 7) is 8.86. The maximum atomic E-state index is 4.24. The maximum absolute atomic E-state index is 4.24. The van der Waals surface area contributed by atoms with Crippen LogP contribution in [0.2, 0.25) is 0 Å². The van der Waals surface area contributed by atoms with Crippen LogP contribution in [0.4, 0.5) is 5.69 Å². The lowest BCUT2D eigenvalue weighted by Crippen LogP contribution is -2.37. The third-order valence-electron chi connectivity index (χ3n) is 3.98. The molecule has 2 unspecified atom stereocenters. The normalized spacial score (nSPS) is 30.4. The van der Waals surface area contributed by atoms with Gasteiger partial charge in [0.25, 0.3) is 0 Å². The van der Waals surface area contributed by atoms with Crippen LogP contribution in [0.3, 0.4) is 0 Å². The van der Waals surface area contributed by atoms with E-state index in [2.05, 4.69) is 43.2 Å². The van der Waals surface area contributed by atoms with E-state index in [0.717, 1.165) is 23.2 Å². The first-order valence-corrected chi connectivity index (χ1v) is 6.37. The van der Waals surface area contributed by atoms with Gasteiger partial charge in [-0.15, -0.1) is 0 Å². The predicted molar refractivity (Wildman–Crippen MR) is 67.7 cm³/mol. The van der Waals surface area contributed by atoms with E-state index in [1.165, 1.54) is 24.9 Å². The highest BCUT2D eigenvalue weighted by molar-refractivity contribution is 5.52. The Labute approximate surface area is 98.0 Å². The highest BCUT2D eigenvalue weighted by atomic mass is 15.2. The van der Waals surface area contributed by atoms with Gasteiger partial charge in [-0.25, -0.2) is 0 Å². The molecule has 1 fully saturated rings. The average molecular weight is 221 g/mol. The van der Waals surface area contributed by atoms with Gasteiger partial charge in [-0.2, -0.15) is 5.10 Å². The van der Waals surface area contributed by atoms with Gasteiger partial charge in [0.1, 0.15) is 0 Å². The first-order chi connectivity index (χ1) is 7.59. The van der Waals surface area contributed by atoms with Gasteiger partial charge in [0.05, 0.1) is 17.1 Å². The number of nitrogens with one attached hydrogen (secondary N) is 2. The van der Waals surface area contributed by atoms with Crippen molar-refractivity contribution in [2.45, 2.75) is 53.0 Å². The second kappa shape index (κ2) is 4.48. The molecule has 0 amide bonds. The summed E-state index contributed by atoms with van der Waals surface area (Å²) in [5, 5.41) is 11.0. The third-order valence-corrected chi connectivity index (χ3v) is 3.98. The average Bonchev–Trinajstić information content (AvgIpc) is 2.54. The topological polar surface area (TPSA) is 40.7 Å². The quantitative estimate of drug-likeness (QED) is 0.804. The number of rotatable bonds is 2. The number of aryl methyl sites for hydroxylation is 2. The molecule has 0 aliphatic heterocycles. The number of aromatic amines is 1. The number of nitrogens with zero attached hydrogens (tertiary/aromatic N) is 1. The summed E-state index contributed by atoms with van der Waals surface area (Å²) < 4.78 is 0. The molecule has 90 valence electrons. The molecule has 2 N–H and O–H groups in total. The summed E-state index contributed by atoms with van der Waals surface area (Å²) in [4.78, 5) is 0. The van der Waals surface area contributed by atoms with Crippen LogP contribution in [0.5, 0.6) is 0 Å². The molecule has 1 heterocycles. The van der Waals surface area contributed by atoms with Crippen LogP contribution in [0, 0.1) is 25.7 Å². The number of hydrogen-bond acceptors (Lipinski definition) is 2. The lowest BCUT2D eigenvalue weighted by atomic mass is 9.78. The van der Waals surface area contributed by atoms with E-state index in [-0.39, 0.29) is 0 Å². The zero-order valence-electron chi connectivity index (χ0n) is 10.8. The zero-order chi connectivity index (χ0) is 11.7. The van der Waals surface area contributed by atoms with Crippen LogP contribution < -0.4 is 5.32 Å². The van der Waals surface area contributed by atoms with Crippen LogP contribution in [-0.4, -0.2) is 16.2 Å². The standard InChI is InChI=1S/C13H23N3/c1-8-6-5-7-9(2)12(8)14-13-10(3)15-16-11(13)4/h8-9,12,14H,5-7H2,1-4H3,(H,15,16).